The van der Waals surface area contributed by atoms with Crippen molar-refractivity contribution in [3.63, 3.8) is 0 Å². The minimum Gasteiger partial charge on any atom is -0.370 e. The molecule has 3 N–H and O–H groups in total. The van der Waals surface area contributed by atoms with Crippen LogP contribution in [0.1, 0.15) is 25.7 Å². The van der Waals surface area contributed by atoms with Crippen molar-refractivity contribution in [3.8, 4) is 0 Å². The second kappa shape index (κ2) is 8.15. The number of nitrogens with two attached hydrogens (primary N) is 1. The van der Waals surface area contributed by atoms with Crippen molar-refractivity contribution >= 4 is 21.9 Å². The molecule has 0 aromatic carbocycles. The molecular weight excluding hydrogens is 330 g/mol. The second-order valence-electron chi connectivity index (χ2n) is 6.83. The Morgan fingerprint density at radius 2 is 2.00 bits per heavy atom. The summed E-state index contributed by atoms with van der Waals surface area (Å²) in [6, 6.07) is 0. The molecule has 2 atom stereocenters. The summed E-state index contributed by atoms with van der Waals surface area (Å²) in [5, 5.41) is 3.37. The van der Waals surface area contributed by atoms with E-state index in [-0.39, 0.29) is 11.8 Å². The lowest BCUT2D eigenvalue weighted by Gasteiger charge is -2.35. The molecule has 2 heterocycles. The van der Waals surface area contributed by atoms with E-state index in [9.17, 15) is 13.2 Å². The Bertz CT molecular complexity index is 578. The molecule has 2 saturated heterocycles. The molecule has 9 heteroatoms. The fourth-order valence-electron chi connectivity index (χ4n) is 3.54. The molecule has 0 saturated carbocycles. The maximum absolute atomic E-state index is 11.6. The van der Waals surface area contributed by atoms with Gasteiger partial charge >= 0.3 is 0 Å². The van der Waals surface area contributed by atoms with Gasteiger partial charge < -0.3 is 16.0 Å². The van der Waals surface area contributed by atoms with Crippen LogP contribution in [-0.2, 0) is 14.8 Å². The molecule has 2 rings (SSSR count). The molecule has 2 aliphatic heterocycles. The van der Waals surface area contributed by atoms with Crippen LogP contribution in [0, 0.1) is 11.8 Å². The molecule has 0 aromatic heterocycles. The summed E-state index contributed by atoms with van der Waals surface area (Å²) in [7, 11) is -1.35. The van der Waals surface area contributed by atoms with Crippen LogP contribution in [0.3, 0.4) is 0 Å². The molecule has 2 fully saturated rings. The van der Waals surface area contributed by atoms with Gasteiger partial charge in [-0.25, -0.2) is 12.7 Å². The number of aliphatic imine (C=N–C) groups is 1. The van der Waals surface area contributed by atoms with Crippen LogP contribution in [0.2, 0.25) is 0 Å². The third-order valence-corrected chi connectivity index (χ3v) is 6.06. The lowest BCUT2D eigenvalue weighted by Crippen LogP contribution is -2.48. The topological polar surface area (TPSA) is 108 Å². The number of piperidine rings is 1. The number of hydrogen-bond acceptors (Lipinski definition) is 4. The SMILES string of the molecule is CN=C(NCC1CCN(S(C)(=O)=O)C1)N1CCCC(CC(N)=O)C1. The van der Waals surface area contributed by atoms with E-state index in [4.69, 9.17) is 5.73 Å². The quantitative estimate of drug-likeness (QED) is 0.505. The zero-order chi connectivity index (χ0) is 17.7. The molecule has 138 valence electrons. The van der Waals surface area contributed by atoms with E-state index in [0.717, 1.165) is 38.3 Å². The third-order valence-electron chi connectivity index (χ3n) is 4.79. The van der Waals surface area contributed by atoms with E-state index in [1.165, 1.54) is 10.6 Å². The van der Waals surface area contributed by atoms with Crippen molar-refractivity contribution in [2.45, 2.75) is 25.7 Å². The summed E-state index contributed by atoms with van der Waals surface area (Å²) >= 11 is 0. The highest BCUT2D eigenvalue weighted by molar-refractivity contribution is 7.88. The average Bonchev–Trinajstić information content (AvgIpc) is 2.97. The molecule has 1 amide bonds. The van der Waals surface area contributed by atoms with Crippen molar-refractivity contribution in [1.29, 1.82) is 0 Å². The van der Waals surface area contributed by atoms with Crippen LogP contribution in [0.25, 0.3) is 0 Å². The van der Waals surface area contributed by atoms with Gasteiger partial charge in [-0.15, -0.1) is 0 Å². The fraction of sp³-hybridized carbons (Fsp3) is 0.867. The normalized spacial score (nSPS) is 26.6. The zero-order valence-electron chi connectivity index (χ0n) is 14.6. The van der Waals surface area contributed by atoms with Gasteiger partial charge in [-0.3, -0.25) is 9.79 Å². The number of nitrogens with zero attached hydrogens (tertiary/aromatic N) is 3. The van der Waals surface area contributed by atoms with E-state index in [1.807, 2.05) is 0 Å². The molecule has 0 spiro atoms. The van der Waals surface area contributed by atoms with Gasteiger partial charge in [0.25, 0.3) is 0 Å². The van der Waals surface area contributed by atoms with Crippen molar-refractivity contribution in [2.24, 2.45) is 22.6 Å². The van der Waals surface area contributed by atoms with Gasteiger partial charge in [0.2, 0.25) is 15.9 Å². The van der Waals surface area contributed by atoms with E-state index in [0.29, 0.717) is 32.0 Å². The minimum absolute atomic E-state index is 0.253. The maximum atomic E-state index is 11.6. The van der Waals surface area contributed by atoms with Gasteiger partial charge in [0.05, 0.1) is 6.26 Å². The number of guanidine groups is 1. The Morgan fingerprint density at radius 3 is 2.58 bits per heavy atom. The van der Waals surface area contributed by atoms with Crippen LogP contribution in [-0.4, -0.2) is 75.5 Å². The number of likely N-dealkylation sites (tertiary alicyclic amines) is 1. The molecule has 0 bridgehead atoms. The molecule has 2 aliphatic rings. The molecule has 0 aromatic rings. The predicted octanol–water partition coefficient (Wildman–Crippen LogP) is -0.569. The smallest absolute Gasteiger partial charge is 0.217 e. The van der Waals surface area contributed by atoms with E-state index in [2.05, 4.69) is 15.2 Å². The highest BCUT2D eigenvalue weighted by Crippen LogP contribution is 2.20. The molecular formula is C15H29N5O3S. The lowest BCUT2D eigenvalue weighted by molar-refractivity contribution is -0.119. The van der Waals surface area contributed by atoms with Crippen LogP contribution in [0.15, 0.2) is 4.99 Å². The Morgan fingerprint density at radius 1 is 1.25 bits per heavy atom. The van der Waals surface area contributed by atoms with Gasteiger partial charge in [-0.1, -0.05) is 0 Å². The Hall–Kier alpha value is -1.35. The zero-order valence-corrected chi connectivity index (χ0v) is 15.4. The minimum atomic E-state index is -3.10. The summed E-state index contributed by atoms with van der Waals surface area (Å²) in [5.74, 6) is 1.14. The number of hydrogen-bond donors (Lipinski definition) is 2. The van der Waals surface area contributed by atoms with Crippen LogP contribution in [0.4, 0.5) is 0 Å². The Labute approximate surface area is 144 Å². The number of primary amides is 1. The van der Waals surface area contributed by atoms with Crippen molar-refractivity contribution in [2.75, 3.05) is 46.0 Å². The number of rotatable bonds is 5. The number of nitrogens with one attached hydrogen (secondary N) is 1. The Kier molecular flexibility index (Phi) is 6.45. The molecule has 2 unspecified atom stereocenters. The van der Waals surface area contributed by atoms with Gasteiger partial charge in [-0.2, -0.15) is 0 Å². The number of carbonyl (C=O) groups excluding carboxylic acids is 1. The van der Waals surface area contributed by atoms with Crippen molar-refractivity contribution in [3.05, 3.63) is 0 Å². The summed E-state index contributed by atoms with van der Waals surface area (Å²) in [6.07, 6.45) is 4.57. The number of sulfonamides is 1. The van der Waals surface area contributed by atoms with Gasteiger partial charge in [-0.05, 0) is 31.1 Å². The first-order valence-electron chi connectivity index (χ1n) is 8.48. The monoisotopic (exact) mass is 359 g/mol. The number of carbonyl (C=O) groups is 1. The summed E-state index contributed by atoms with van der Waals surface area (Å²) in [4.78, 5) is 17.6. The number of amides is 1. The molecule has 24 heavy (non-hydrogen) atoms. The predicted molar refractivity (Wildman–Crippen MR) is 94.0 cm³/mol. The second-order valence-corrected chi connectivity index (χ2v) is 8.81. The van der Waals surface area contributed by atoms with Crippen LogP contribution >= 0.6 is 0 Å². The summed E-state index contributed by atoms with van der Waals surface area (Å²) in [5.41, 5.74) is 5.31. The first-order valence-corrected chi connectivity index (χ1v) is 10.3. The summed E-state index contributed by atoms with van der Waals surface area (Å²) < 4.78 is 24.7. The average molecular weight is 359 g/mol. The first-order chi connectivity index (χ1) is 11.3. The third kappa shape index (κ3) is 5.34. The lowest BCUT2D eigenvalue weighted by atomic mass is 9.95. The van der Waals surface area contributed by atoms with Gasteiger partial charge in [0, 0.05) is 46.2 Å². The Balaban J connectivity index is 1.83. The van der Waals surface area contributed by atoms with Crippen LogP contribution in [0.5, 0.6) is 0 Å². The van der Waals surface area contributed by atoms with Crippen molar-refractivity contribution < 1.29 is 13.2 Å². The maximum Gasteiger partial charge on any atom is 0.217 e. The van der Waals surface area contributed by atoms with Crippen LogP contribution < -0.4 is 11.1 Å². The molecule has 0 aliphatic carbocycles. The highest BCUT2D eigenvalue weighted by Gasteiger charge is 2.29. The van der Waals surface area contributed by atoms with Crippen molar-refractivity contribution in [1.82, 2.24) is 14.5 Å². The van der Waals surface area contributed by atoms with E-state index < -0.39 is 10.0 Å². The standard InChI is InChI=1S/C15H29N5O3S/c1-17-15(19-6-3-4-12(10-19)8-14(16)21)18-9-13-5-7-20(11-13)24(2,22)23/h12-13H,3-11H2,1-2H3,(H2,16,21)(H,17,18). The van der Waals surface area contributed by atoms with Gasteiger partial charge in [0.1, 0.15) is 0 Å². The fourth-order valence-corrected chi connectivity index (χ4v) is 4.46. The first kappa shape index (κ1) is 19.0. The molecule has 0 radical (unpaired) electrons. The largest absolute Gasteiger partial charge is 0.370 e. The summed E-state index contributed by atoms with van der Waals surface area (Å²) in [6.45, 7) is 3.55. The molecule has 8 nitrogen and oxygen atoms in total. The van der Waals surface area contributed by atoms with Gasteiger partial charge in [0.15, 0.2) is 5.96 Å². The van der Waals surface area contributed by atoms with E-state index in [1.54, 1.807) is 7.05 Å². The van der Waals surface area contributed by atoms with E-state index >= 15 is 0 Å². The highest BCUT2D eigenvalue weighted by atomic mass is 32.2.